The van der Waals surface area contributed by atoms with Gasteiger partial charge in [0.25, 0.3) is 5.91 Å². The van der Waals surface area contributed by atoms with Gasteiger partial charge < -0.3 is 10.1 Å². The molecule has 32 heavy (non-hydrogen) atoms. The zero-order valence-corrected chi connectivity index (χ0v) is 17.6. The van der Waals surface area contributed by atoms with Crippen LogP contribution in [0.25, 0.3) is 22.0 Å². The van der Waals surface area contributed by atoms with E-state index in [2.05, 4.69) is 15.5 Å². The van der Waals surface area contributed by atoms with Crippen molar-refractivity contribution < 1.29 is 23.9 Å². The predicted octanol–water partition coefficient (Wildman–Crippen LogP) is 4.02. The summed E-state index contributed by atoms with van der Waals surface area (Å²) in [6.07, 6.45) is 6.33. The zero-order chi connectivity index (χ0) is 22.2. The molecule has 1 aliphatic rings. The number of amides is 1. The van der Waals surface area contributed by atoms with Crippen molar-refractivity contribution >= 4 is 28.4 Å². The third-order valence-electron chi connectivity index (χ3n) is 5.24. The topological polar surface area (TPSA) is 91.1 Å². The van der Waals surface area contributed by atoms with Gasteiger partial charge in [0.2, 0.25) is 12.4 Å². The molecule has 1 saturated carbocycles. The van der Waals surface area contributed by atoms with Crippen molar-refractivity contribution in [1.82, 2.24) is 15.5 Å². The molecule has 1 fully saturated rings. The molecule has 0 atom stereocenters. The van der Waals surface area contributed by atoms with E-state index in [9.17, 15) is 10.0 Å². The first kappa shape index (κ1) is 20.3. The number of fused-ring (bicyclic) bond motifs is 1. The van der Waals surface area contributed by atoms with E-state index in [1.165, 1.54) is 18.5 Å². The molecule has 0 saturated heterocycles. The lowest BCUT2D eigenvalue weighted by Gasteiger charge is -2.15. The number of aromatic nitrogens is 3. The van der Waals surface area contributed by atoms with Gasteiger partial charge in [-0.25, -0.2) is 4.39 Å². The monoisotopic (exact) mass is 453 g/mol. The van der Waals surface area contributed by atoms with Gasteiger partial charge in [0.1, 0.15) is 11.6 Å². The first-order valence-corrected chi connectivity index (χ1v) is 10.5. The molecule has 3 N–H and O–H groups in total. The van der Waals surface area contributed by atoms with Gasteiger partial charge in [0.05, 0.1) is 40.9 Å². The van der Waals surface area contributed by atoms with Crippen LogP contribution in [0, 0.1) is 5.82 Å². The normalized spacial score (nSPS) is 13.3. The molecule has 7 nitrogen and oxygen atoms in total. The molecule has 1 aliphatic carbocycles. The Balaban J connectivity index is 1.44. The number of benzene rings is 2. The van der Waals surface area contributed by atoms with Gasteiger partial charge in [0.15, 0.2) is 0 Å². The maximum atomic E-state index is 15.2. The number of ether oxygens (including phenoxy) is 1. The molecule has 9 heteroatoms. The molecule has 0 radical (unpaired) electrons. The lowest BCUT2D eigenvalue weighted by atomic mass is 10.0. The Morgan fingerprint density at radius 2 is 2.16 bits per heavy atom. The number of carbonyl (C=O) groups is 1. The number of carbonyl (C=O) groups excluding carboxylic acids is 1. The molecule has 2 aromatic heterocycles. The van der Waals surface area contributed by atoms with Gasteiger partial charge in [-0.05, 0) is 42.7 Å². The van der Waals surface area contributed by atoms with Crippen LogP contribution in [0.15, 0.2) is 55.0 Å². The SMILES string of the molecule is O=C(NCc1c[n+](O)cc2cn[nH]c12)c1cc(F)c(-c2cccc(Cl)c2)c(OC2CC2)c1. The minimum absolute atomic E-state index is 0.0172. The number of hydrogen-bond acceptors (Lipinski definition) is 4. The Morgan fingerprint density at radius 1 is 1.31 bits per heavy atom. The summed E-state index contributed by atoms with van der Waals surface area (Å²) in [6, 6.07) is 9.60. The number of pyridine rings is 1. The summed E-state index contributed by atoms with van der Waals surface area (Å²) in [7, 11) is 0. The van der Waals surface area contributed by atoms with E-state index in [4.69, 9.17) is 16.3 Å². The van der Waals surface area contributed by atoms with E-state index >= 15 is 4.39 Å². The van der Waals surface area contributed by atoms with E-state index in [0.717, 1.165) is 17.6 Å². The minimum Gasteiger partial charge on any atom is -0.490 e. The zero-order valence-electron chi connectivity index (χ0n) is 16.8. The van der Waals surface area contributed by atoms with E-state index in [1.807, 2.05) is 0 Å². The van der Waals surface area contributed by atoms with Crippen LogP contribution < -0.4 is 14.8 Å². The Kier molecular flexibility index (Phi) is 5.14. The Labute approximate surface area is 187 Å². The van der Waals surface area contributed by atoms with Crippen LogP contribution in [0.3, 0.4) is 0 Å². The second-order valence-corrected chi connectivity index (χ2v) is 8.14. The molecule has 162 valence electrons. The number of aromatic amines is 1. The van der Waals surface area contributed by atoms with E-state index in [0.29, 0.717) is 32.8 Å². The highest BCUT2D eigenvalue weighted by atomic mass is 35.5. The summed E-state index contributed by atoms with van der Waals surface area (Å²) in [4.78, 5) is 12.8. The third-order valence-corrected chi connectivity index (χ3v) is 5.47. The minimum atomic E-state index is -0.570. The maximum Gasteiger partial charge on any atom is 0.251 e. The number of nitrogens with zero attached hydrogens (tertiary/aromatic N) is 2. The first-order valence-electron chi connectivity index (χ1n) is 10.1. The van der Waals surface area contributed by atoms with Crippen LogP contribution in [0.1, 0.15) is 28.8 Å². The fourth-order valence-corrected chi connectivity index (χ4v) is 3.75. The second-order valence-electron chi connectivity index (χ2n) is 7.71. The molecule has 2 aromatic carbocycles. The average molecular weight is 454 g/mol. The number of nitrogens with one attached hydrogen (secondary N) is 2. The van der Waals surface area contributed by atoms with Crippen LogP contribution in [-0.2, 0) is 6.54 Å². The van der Waals surface area contributed by atoms with E-state index < -0.39 is 11.7 Å². The lowest BCUT2D eigenvalue weighted by Crippen LogP contribution is -2.31. The fourth-order valence-electron chi connectivity index (χ4n) is 3.56. The van der Waals surface area contributed by atoms with Gasteiger partial charge in [-0.15, -0.1) is 0 Å². The van der Waals surface area contributed by atoms with Gasteiger partial charge in [-0.3, -0.25) is 15.1 Å². The molecule has 0 bridgehead atoms. The van der Waals surface area contributed by atoms with E-state index in [-0.39, 0.29) is 23.8 Å². The van der Waals surface area contributed by atoms with Crippen molar-refractivity contribution in [2.75, 3.05) is 0 Å². The van der Waals surface area contributed by atoms with E-state index in [1.54, 1.807) is 36.5 Å². The predicted molar refractivity (Wildman–Crippen MR) is 115 cm³/mol. The molecule has 5 rings (SSSR count). The Hall–Kier alpha value is -3.65. The summed E-state index contributed by atoms with van der Waals surface area (Å²) >= 11 is 6.09. The molecule has 0 unspecified atom stereocenters. The molecule has 2 heterocycles. The Morgan fingerprint density at radius 3 is 2.94 bits per heavy atom. The summed E-state index contributed by atoms with van der Waals surface area (Å²) in [5.41, 5.74) is 2.31. The standard InChI is InChI=1S/C23H18ClFN4O3/c24-17-3-1-2-13(6-17)21-19(25)7-14(8-20(21)32-18-4-5-18)23(30)26-9-15-11-29(31)12-16-10-27-28-22(15)16/h1-3,6-8,10-12,18,31H,4-5,9H2,(H,26,30)/p+1. The maximum absolute atomic E-state index is 15.2. The van der Waals surface area contributed by atoms with Gasteiger partial charge >= 0.3 is 0 Å². The number of halogens is 2. The van der Waals surface area contributed by atoms with Crippen LogP contribution in [0.5, 0.6) is 5.75 Å². The van der Waals surface area contributed by atoms with Crippen LogP contribution in [0.2, 0.25) is 5.02 Å². The molecule has 4 aromatic rings. The van der Waals surface area contributed by atoms with Gasteiger partial charge in [0, 0.05) is 15.3 Å². The smallest absolute Gasteiger partial charge is 0.251 e. The first-order chi connectivity index (χ1) is 15.5. The fraction of sp³-hybridized carbons (Fsp3) is 0.174. The largest absolute Gasteiger partial charge is 0.490 e. The summed E-state index contributed by atoms with van der Waals surface area (Å²) in [5.74, 6) is -0.730. The highest BCUT2D eigenvalue weighted by Gasteiger charge is 2.27. The van der Waals surface area contributed by atoms with Gasteiger partial charge in [-0.1, -0.05) is 23.7 Å². The molecule has 0 aliphatic heterocycles. The lowest BCUT2D eigenvalue weighted by molar-refractivity contribution is -0.904. The number of hydrogen-bond donors (Lipinski definition) is 3. The van der Waals surface area contributed by atoms with Crippen LogP contribution in [-0.4, -0.2) is 27.4 Å². The van der Waals surface area contributed by atoms with Crippen molar-refractivity contribution in [3.8, 4) is 16.9 Å². The molecule has 0 spiro atoms. The third kappa shape index (κ3) is 4.09. The summed E-state index contributed by atoms with van der Waals surface area (Å²) in [6.45, 7) is 0.107. The molecule has 1 amide bonds. The van der Waals surface area contributed by atoms with Crippen molar-refractivity contribution in [2.45, 2.75) is 25.5 Å². The Bertz CT molecular complexity index is 1340. The van der Waals surface area contributed by atoms with Crippen molar-refractivity contribution in [1.29, 1.82) is 0 Å². The highest BCUT2D eigenvalue weighted by molar-refractivity contribution is 6.30. The average Bonchev–Trinajstić information content (AvgIpc) is 3.44. The summed E-state index contributed by atoms with van der Waals surface area (Å²) < 4.78 is 22.0. The quantitative estimate of drug-likeness (QED) is 0.304. The van der Waals surface area contributed by atoms with Crippen molar-refractivity contribution in [3.63, 3.8) is 0 Å². The van der Waals surface area contributed by atoms with Crippen LogP contribution in [0.4, 0.5) is 4.39 Å². The molecular weight excluding hydrogens is 435 g/mol. The number of H-pyrrole nitrogens is 1. The van der Waals surface area contributed by atoms with Gasteiger partial charge in [-0.2, -0.15) is 5.10 Å². The van der Waals surface area contributed by atoms with Crippen molar-refractivity contribution in [3.05, 3.63) is 77.0 Å². The molecular formula is C23H19ClFN4O3+. The number of rotatable bonds is 6. The highest BCUT2D eigenvalue weighted by Crippen LogP contribution is 2.38. The van der Waals surface area contributed by atoms with Crippen molar-refractivity contribution in [2.24, 2.45) is 0 Å². The second kappa shape index (κ2) is 8.12. The summed E-state index contributed by atoms with van der Waals surface area (Å²) in [5, 5.41) is 20.5. The van der Waals surface area contributed by atoms with Crippen LogP contribution >= 0.6 is 11.6 Å².